The molecule has 0 bridgehead atoms. The smallest absolute Gasteiger partial charge is 0.420 e. The van der Waals surface area contributed by atoms with Crippen molar-refractivity contribution in [2.45, 2.75) is 19.9 Å². The molecule has 1 amide bonds. The molecule has 260 valence electrons. The molecule has 49 heavy (non-hydrogen) atoms. The molecule has 1 saturated heterocycles. The Labute approximate surface area is 283 Å². The number of methoxy groups -OCH3 is 2. The first kappa shape index (κ1) is 35.2. The standard InChI is InChI=1S/C35H39F3N6O5/c1-22(2)44-15-13-43(14-16-44)17-18-48-29-11-9-23(19-27(29)37)39-34-40-28(25-7-6-8-26(36)33(25)38)21-32(41-34)42(3)35(45)49-31-20-24(46-4)10-12-30(31)47-5/h6-12,19-22H,13-18H2,1-5H3,(H,39,40,41). The van der Waals surface area contributed by atoms with E-state index in [1.165, 1.54) is 57.7 Å². The number of halogens is 3. The van der Waals surface area contributed by atoms with E-state index in [1.54, 1.807) is 18.2 Å². The van der Waals surface area contributed by atoms with Gasteiger partial charge in [0.25, 0.3) is 0 Å². The van der Waals surface area contributed by atoms with Crippen molar-refractivity contribution in [2.75, 3.05) is 70.8 Å². The van der Waals surface area contributed by atoms with Gasteiger partial charge in [-0.3, -0.25) is 14.7 Å². The molecule has 14 heteroatoms. The number of carbonyl (C=O) groups is 1. The van der Waals surface area contributed by atoms with Gasteiger partial charge in [-0.1, -0.05) is 6.07 Å². The van der Waals surface area contributed by atoms with E-state index in [0.717, 1.165) is 37.1 Å². The van der Waals surface area contributed by atoms with Crippen LogP contribution in [0.5, 0.6) is 23.0 Å². The number of ether oxygens (including phenoxy) is 4. The minimum Gasteiger partial charge on any atom is -0.497 e. The van der Waals surface area contributed by atoms with Gasteiger partial charge in [-0.2, -0.15) is 4.98 Å². The van der Waals surface area contributed by atoms with Crippen LogP contribution in [-0.2, 0) is 0 Å². The van der Waals surface area contributed by atoms with Crippen molar-refractivity contribution in [1.29, 1.82) is 0 Å². The number of hydrogen-bond donors (Lipinski definition) is 1. The van der Waals surface area contributed by atoms with Gasteiger partial charge in [0.05, 0.1) is 19.9 Å². The zero-order valence-electron chi connectivity index (χ0n) is 28.0. The van der Waals surface area contributed by atoms with Crippen molar-refractivity contribution in [1.82, 2.24) is 19.8 Å². The highest BCUT2D eigenvalue weighted by molar-refractivity contribution is 5.89. The maximum atomic E-state index is 15.1. The van der Waals surface area contributed by atoms with Crippen LogP contribution in [0.1, 0.15) is 13.8 Å². The van der Waals surface area contributed by atoms with E-state index in [1.807, 2.05) is 0 Å². The lowest BCUT2D eigenvalue weighted by atomic mass is 10.1. The number of carbonyl (C=O) groups excluding carboxylic acids is 1. The first-order valence-electron chi connectivity index (χ1n) is 15.7. The molecule has 0 saturated carbocycles. The van der Waals surface area contributed by atoms with E-state index >= 15 is 4.39 Å². The summed E-state index contributed by atoms with van der Waals surface area (Å²) in [5, 5.41) is 2.89. The van der Waals surface area contributed by atoms with E-state index in [2.05, 4.69) is 38.9 Å². The van der Waals surface area contributed by atoms with Crippen molar-refractivity contribution in [3.63, 3.8) is 0 Å². The third-order valence-corrected chi connectivity index (χ3v) is 8.12. The Kier molecular flexibility index (Phi) is 11.4. The molecule has 2 heterocycles. The van der Waals surface area contributed by atoms with E-state index in [-0.39, 0.29) is 46.0 Å². The monoisotopic (exact) mass is 680 g/mol. The maximum Gasteiger partial charge on any atom is 0.420 e. The summed E-state index contributed by atoms with van der Waals surface area (Å²) in [5.41, 5.74) is 0.0325. The molecule has 1 aliphatic heterocycles. The first-order valence-corrected chi connectivity index (χ1v) is 15.7. The number of amides is 1. The molecule has 0 aliphatic carbocycles. The molecule has 5 rings (SSSR count). The highest BCUT2D eigenvalue weighted by Crippen LogP contribution is 2.33. The Hall–Kier alpha value is -5.08. The molecule has 0 atom stereocenters. The van der Waals surface area contributed by atoms with Gasteiger partial charge < -0.3 is 24.3 Å². The van der Waals surface area contributed by atoms with Gasteiger partial charge >= 0.3 is 6.09 Å². The van der Waals surface area contributed by atoms with E-state index in [9.17, 15) is 13.6 Å². The Balaban J connectivity index is 1.34. The predicted molar refractivity (Wildman–Crippen MR) is 180 cm³/mol. The van der Waals surface area contributed by atoms with E-state index < -0.39 is 23.5 Å². The van der Waals surface area contributed by atoms with Crippen LogP contribution in [0.25, 0.3) is 11.3 Å². The van der Waals surface area contributed by atoms with Gasteiger partial charge in [-0.05, 0) is 50.2 Å². The number of nitrogens with zero attached hydrogens (tertiary/aromatic N) is 5. The van der Waals surface area contributed by atoms with Gasteiger partial charge in [-0.25, -0.2) is 22.9 Å². The van der Waals surface area contributed by atoms with Crippen molar-refractivity contribution in [2.24, 2.45) is 0 Å². The predicted octanol–water partition coefficient (Wildman–Crippen LogP) is 6.36. The summed E-state index contributed by atoms with van der Waals surface area (Å²) >= 11 is 0. The van der Waals surface area contributed by atoms with Crippen molar-refractivity contribution >= 4 is 23.5 Å². The molecular weight excluding hydrogens is 641 g/mol. The molecule has 4 aromatic rings. The quantitative estimate of drug-likeness (QED) is 0.182. The molecule has 1 N–H and O–H groups in total. The lowest BCUT2D eigenvalue weighted by Gasteiger charge is -2.36. The fraction of sp³-hybridized carbons (Fsp3) is 0.343. The Morgan fingerprint density at radius 1 is 0.898 bits per heavy atom. The average molecular weight is 681 g/mol. The molecule has 0 spiro atoms. The minimum absolute atomic E-state index is 0.0299. The molecule has 1 fully saturated rings. The average Bonchev–Trinajstić information content (AvgIpc) is 3.10. The van der Waals surface area contributed by atoms with Gasteiger partial charge in [0.15, 0.2) is 34.7 Å². The molecule has 1 aliphatic rings. The molecule has 1 aromatic heterocycles. The van der Waals surface area contributed by atoms with Gasteiger partial charge in [-0.15, -0.1) is 0 Å². The second kappa shape index (κ2) is 15.9. The van der Waals surface area contributed by atoms with Crippen LogP contribution in [0, 0.1) is 17.5 Å². The normalized spacial score (nSPS) is 13.7. The number of nitrogens with one attached hydrogen (secondary N) is 1. The fourth-order valence-corrected chi connectivity index (χ4v) is 5.23. The Morgan fingerprint density at radius 2 is 1.65 bits per heavy atom. The highest BCUT2D eigenvalue weighted by Gasteiger charge is 2.22. The van der Waals surface area contributed by atoms with Crippen molar-refractivity contribution in [3.05, 3.63) is 78.1 Å². The largest absolute Gasteiger partial charge is 0.497 e. The van der Waals surface area contributed by atoms with E-state index in [4.69, 9.17) is 18.9 Å². The second-order valence-corrected chi connectivity index (χ2v) is 11.6. The summed E-state index contributed by atoms with van der Waals surface area (Å²) in [6, 6.07) is 14.4. The van der Waals surface area contributed by atoms with Crippen LogP contribution in [0.2, 0.25) is 0 Å². The summed E-state index contributed by atoms with van der Waals surface area (Å²) in [4.78, 5) is 27.7. The number of anilines is 3. The maximum absolute atomic E-state index is 15.1. The number of rotatable bonds is 12. The highest BCUT2D eigenvalue weighted by atomic mass is 19.2. The topological polar surface area (TPSA) is 102 Å². The van der Waals surface area contributed by atoms with Crippen LogP contribution in [-0.4, -0.2) is 92.5 Å². The third-order valence-electron chi connectivity index (χ3n) is 8.12. The van der Waals surface area contributed by atoms with Gasteiger partial charge in [0, 0.05) is 75.3 Å². The number of aromatic nitrogens is 2. The summed E-state index contributed by atoms with van der Waals surface area (Å²) in [6.07, 6.45) is -0.879. The summed E-state index contributed by atoms with van der Waals surface area (Å²) < 4.78 is 66.0. The first-order chi connectivity index (χ1) is 23.6. The van der Waals surface area contributed by atoms with Crippen LogP contribution >= 0.6 is 0 Å². The molecular formula is C35H39F3N6O5. The van der Waals surface area contributed by atoms with Crippen LogP contribution in [0.3, 0.4) is 0 Å². The van der Waals surface area contributed by atoms with Crippen LogP contribution in [0.15, 0.2) is 60.7 Å². The molecule has 3 aromatic carbocycles. The molecule has 0 unspecified atom stereocenters. The summed E-state index contributed by atoms with van der Waals surface area (Å²) in [5.74, 6) is -2.13. The Morgan fingerprint density at radius 3 is 2.35 bits per heavy atom. The summed E-state index contributed by atoms with van der Waals surface area (Å²) in [7, 11) is 4.26. The van der Waals surface area contributed by atoms with E-state index in [0.29, 0.717) is 24.9 Å². The lowest BCUT2D eigenvalue weighted by Crippen LogP contribution is -2.49. The molecule has 11 nitrogen and oxygen atoms in total. The van der Waals surface area contributed by atoms with Gasteiger partial charge in [0.1, 0.15) is 18.2 Å². The minimum atomic E-state index is -1.14. The summed E-state index contributed by atoms with van der Waals surface area (Å²) in [6.45, 7) is 9.18. The number of hydrogen-bond acceptors (Lipinski definition) is 10. The number of benzene rings is 3. The van der Waals surface area contributed by atoms with Crippen LogP contribution < -0.4 is 29.2 Å². The zero-order valence-corrected chi connectivity index (χ0v) is 28.0. The third kappa shape index (κ3) is 8.69. The van der Waals surface area contributed by atoms with Gasteiger partial charge in [0.2, 0.25) is 5.95 Å². The number of piperazine rings is 1. The zero-order chi connectivity index (χ0) is 35.1. The van der Waals surface area contributed by atoms with Crippen molar-refractivity contribution < 1.29 is 36.9 Å². The Bertz CT molecular complexity index is 1770. The van der Waals surface area contributed by atoms with Crippen molar-refractivity contribution in [3.8, 4) is 34.3 Å². The molecule has 0 radical (unpaired) electrons. The lowest BCUT2D eigenvalue weighted by molar-refractivity contribution is 0.0965. The SMILES string of the molecule is COc1ccc(OC)c(OC(=O)N(C)c2cc(-c3cccc(F)c3F)nc(Nc3ccc(OCCN4CCN(C(C)C)CC4)c(F)c3)n2)c1. The fourth-order valence-electron chi connectivity index (χ4n) is 5.23. The van der Waals surface area contributed by atoms with Crippen LogP contribution in [0.4, 0.5) is 35.4 Å². The second-order valence-electron chi connectivity index (χ2n) is 11.6.